The summed E-state index contributed by atoms with van der Waals surface area (Å²) in [6.07, 6.45) is 0.165. The smallest absolute Gasteiger partial charge is 0.291 e. The van der Waals surface area contributed by atoms with E-state index in [1.165, 1.54) is 19.9 Å². The normalized spacial score (nSPS) is 10.1. The van der Waals surface area contributed by atoms with Crippen molar-refractivity contribution < 1.29 is 18.8 Å². The molecule has 114 valence electrons. The fraction of sp³-hybridized carbons (Fsp3) is 0.188. The van der Waals surface area contributed by atoms with Crippen LogP contribution in [0.25, 0.3) is 0 Å². The molecule has 2 N–H and O–H groups in total. The van der Waals surface area contributed by atoms with Gasteiger partial charge in [-0.25, -0.2) is 0 Å². The van der Waals surface area contributed by atoms with Gasteiger partial charge in [-0.2, -0.15) is 0 Å². The van der Waals surface area contributed by atoms with Crippen LogP contribution in [0.2, 0.25) is 0 Å². The summed E-state index contributed by atoms with van der Waals surface area (Å²) >= 11 is 0. The third kappa shape index (κ3) is 4.31. The number of furan rings is 1. The third-order valence-electron chi connectivity index (χ3n) is 2.77. The molecule has 1 aromatic carbocycles. The molecule has 0 saturated carbocycles. The van der Waals surface area contributed by atoms with Gasteiger partial charge in [0, 0.05) is 18.3 Å². The number of Topliss-reactive ketones (excluding diaryl/α,β-unsaturated/α-hetero) is 1. The van der Waals surface area contributed by atoms with Crippen LogP contribution in [0.1, 0.15) is 30.2 Å². The number of ketones is 1. The van der Waals surface area contributed by atoms with Gasteiger partial charge in [-0.15, -0.1) is 0 Å². The fourth-order valence-corrected chi connectivity index (χ4v) is 1.87. The molecule has 0 fully saturated rings. The van der Waals surface area contributed by atoms with Gasteiger partial charge < -0.3 is 15.1 Å². The van der Waals surface area contributed by atoms with E-state index < -0.39 is 5.91 Å². The molecule has 1 aromatic heterocycles. The van der Waals surface area contributed by atoms with Crippen molar-refractivity contribution in [3.8, 4) is 0 Å². The molecule has 0 atom stereocenters. The summed E-state index contributed by atoms with van der Waals surface area (Å²) < 4.78 is 5.31. The molecule has 0 radical (unpaired) electrons. The molecule has 0 saturated heterocycles. The highest BCUT2D eigenvalue weighted by Crippen LogP contribution is 2.16. The lowest BCUT2D eigenvalue weighted by Crippen LogP contribution is -2.11. The molecular formula is C16H16N2O4. The quantitative estimate of drug-likeness (QED) is 0.888. The van der Waals surface area contributed by atoms with Crippen molar-refractivity contribution in [2.24, 2.45) is 0 Å². The Hall–Kier alpha value is -2.89. The number of carbonyl (C=O) groups is 3. The Balaban J connectivity index is 2.00. The second kappa shape index (κ2) is 6.71. The predicted octanol–water partition coefficient (Wildman–Crippen LogP) is 2.62. The van der Waals surface area contributed by atoms with Crippen LogP contribution in [-0.2, 0) is 16.0 Å². The van der Waals surface area contributed by atoms with Crippen molar-refractivity contribution >= 4 is 29.0 Å². The SMILES string of the molecule is CC(=O)Cc1ccc(C(=O)Nc2ccc(NC(C)=O)cc2)o1. The summed E-state index contributed by atoms with van der Waals surface area (Å²) in [7, 11) is 0. The van der Waals surface area contributed by atoms with Gasteiger partial charge in [-0.05, 0) is 43.3 Å². The van der Waals surface area contributed by atoms with Gasteiger partial charge in [-0.1, -0.05) is 0 Å². The molecular weight excluding hydrogens is 284 g/mol. The number of hydrogen-bond acceptors (Lipinski definition) is 4. The van der Waals surface area contributed by atoms with E-state index in [1.54, 1.807) is 30.3 Å². The highest BCUT2D eigenvalue weighted by atomic mass is 16.4. The van der Waals surface area contributed by atoms with Crippen molar-refractivity contribution in [1.29, 1.82) is 0 Å². The first-order valence-corrected chi connectivity index (χ1v) is 6.71. The second-order valence-electron chi connectivity index (χ2n) is 4.86. The third-order valence-corrected chi connectivity index (χ3v) is 2.77. The first-order valence-electron chi connectivity index (χ1n) is 6.71. The molecule has 22 heavy (non-hydrogen) atoms. The van der Waals surface area contributed by atoms with Crippen molar-refractivity contribution in [2.75, 3.05) is 10.6 Å². The maximum absolute atomic E-state index is 12.0. The molecule has 2 rings (SSSR count). The zero-order valence-electron chi connectivity index (χ0n) is 12.3. The van der Waals surface area contributed by atoms with E-state index in [-0.39, 0.29) is 23.9 Å². The maximum atomic E-state index is 12.0. The van der Waals surface area contributed by atoms with Crippen LogP contribution in [0, 0.1) is 0 Å². The molecule has 0 spiro atoms. The van der Waals surface area contributed by atoms with E-state index in [0.29, 0.717) is 17.1 Å². The van der Waals surface area contributed by atoms with Gasteiger partial charge >= 0.3 is 0 Å². The van der Waals surface area contributed by atoms with Gasteiger partial charge in [0.25, 0.3) is 5.91 Å². The summed E-state index contributed by atoms with van der Waals surface area (Å²) in [5, 5.41) is 5.31. The number of anilines is 2. The highest BCUT2D eigenvalue weighted by Gasteiger charge is 2.12. The van der Waals surface area contributed by atoms with Gasteiger partial charge in [0.05, 0.1) is 6.42 Å². The number of carbonyl (C=O) groups excluding carboxylic acids is 3. The standard InChI is InChI=1S/C16H16N2O4/c1-10(19)9-14-7-8-15(22-14)16(21)18-13-5-3-12(4-6-13)17-11(2)20/h3-8H,9H2,1-2H3,(H,17,20)(H,18,21). The first-order chi connectivity index (χ1) is 10.4. The molecule has 0 aliphatic rings. The van der Waals surface area contributed by atoms with Crippen molar-refractivity contribution in [3.63, 3.8) is 0 Å². The Kier molecular flexibility index (Phi) is 4.73. The van der Waals surface area contributed by atoms with Crippen LogP contribution in [0.4, 0.5) is 11.4 Å². The van der Waals surface area contributed by atoms with Crippen molar-refractivity contribution in [2.45, 2.75) is 20.3 Å². The topological polar surface area (TPSA) is 88.4 Å². The molecule has 2 aromatic rings. The molecule has 0 aliphatic heterocycles. The highest BCUT2D eigenvalue weighted by molar-refractivity contribution is 6.02. The first kappa shape index (κ1) is 15.5. The average Bonchev–Trinajstić information content (AvgIpc) is 2.88. The Morgan fingerprint density at radius 3 is 2.05 bits per heavy atom. The molecule has 0 aliphatic carbocycles. The number of amides is 2. The lowest BCUT2D eigenvalue weighted by Gasteiger charge is -2.05. The minimum atomic E-state index is -0.401. The summed E-state index contributed by atoms with van der Waals surface area (Å²) in [5.41, 5.74) is 1.22. The zero-order chi connectivity index (χ0) is 16.1. The minimum absolute atomic E-state index is 0.0325. The summed E-state index contributed by atoms with van der Waals surface area (Å²) in [4.78, 5) is 33.9. The predicted molar refractivity (Wildman–Crippen MR) is 81.8 cm³/mol. The molecule has 6 nitrogen and oxygen atoms in total. The molecule has 2 amide bonds. The summed E-state index contributed by atoms with van der Waals surface area (Å²) in [6.45, 7) is 2.88. The fourth-order valence-electron chi connectivity index (χ4n) is 1.87. The van der Waals surface area contributed by atoms with E-state index >= 15 is 0 Å². The van der Waals surface area contributed by atoms with E-state index in [9.17, 15) is 14.4 Å². The second-order valence-corrected chi connectivity index (χ2v) is 4.86. The van der Waals surface area contributed by atoms with Crippen LogP contribution in [0.15, 0.2) is 40.8 Å². The lowest BCUT2D eigenvalue weighted by atomic mass is 10.2. The monoisotopic (exact) mass is 300 g/mol. The number of benzene rings is 1. The van der Waals surface area contributed by atoms with Crippen LogP contribution in [0.3, 0.4) is 0 Å². The molecule has 1 heterocycles. The van der Waals surface area contributed by atoms with Gasteiger partial charge in [0.2, 0.25) is 5.91 Å². The van der Waals surface area contributed by atoms with E-state index in [0.717, 1.165) is 0 Å². The van der Waals surface area contributed by atoms with E-state index in [1.807, 2.05) is 0 Å². The van der Waals surface area contributed by atoms with Gasteiger partial charge in [0.1, 0.15) is 11.5 Å². The molecule has 6 heteroatoms. The number of nitrogens with one attached hydrogen (secondary N) is 2. The van der Waals surface area contributed by atoms with Crippen molar-refractivity contribution in [1.82, 2.24) is 0 Å². The van der Waals surface area contributed by atoms with E-state index in [4.69, 9.17) is 4.42 Å². The average molecular weight is 300 g/mol. The zero-order valence-corrected chi connectivity index (χ0v) is 12.3. The van der Waals surface area contributed by atoms with Crippen LogP contribution >= 0.6 is 0 Å². The summed E-state index contributed by atoms with van der Waals surface area (Å²) in [5.74, 6) is 0.00293. The van der Waals surface area contributed by atoms with Crippen LogP contribution in [0.5, 0.6) is 0 Å². The van der Waals surface area contributed by atoms with Crippen molar-refractivity contribution in [3.05, 3.63) is 47.9 Å². The van der Waals surface area contributed by atoms with Crippen LogP contribution < -0.4 is 10.6 Å². The Morgan fingerprint density at radius 1 is 0.909 bits per heavy atom. The lowest BCUT2D eigenvalue weighted by molar-refractivity contribution is -0.116. The number of rotatable bonds is 5. The number of hydrogen-bond donors (Lipinski definition) is 2. The Morgan fingerprint density at radius 2 is 1.50 bits per heavy atom. The largest absolute Gasteiger partial charge is 0.455 e. The molecule has 0 unspecified atom stereocenters. The van der Waals surface area contributed by atoms with Gasteiger partial charge in [0.15, 0.2) is 5.76 Å². The van der Waals surface area contributed by atoms with E-state index in [2.05, 4.69) is 10.6 Å². The molecule has 0 bridgehead atoms. The minimum Gasteiger partial charge on any atom is -0.455 e. The van der Waals surface area contributed by atoms with Crippen LogP contribution in [-0.4, -0.2) is 17.6 Å². The van der Waals surface area contributed by atoms with Gasteiger partial charge in [-0.3, -0.25) is 14.4 Å². The Bertz CT molecular complexity index is 701. The maximum Gasteiger partial charge on any atom is 0.291 e. The Labute approximate surface area is 127 Å². The summed E-state index contributed by atoms with van der Waals surface area (Å²) in [6, 6.07) is 9.83.